The molecular weight excluding hydrogens is 206 g/mol. The smallest absolute Gasteiger partial charge is 0.0437 e. The molecule has 0 heterocycles. The summed E-state index contributed by atoms with van der Waals surface area (Å²) in [5, 5.41) is 0. The van der Waals surface area contributed by atoms with Gasteiger partial charge in [0, 0.05) is 31.3 Å². The predicted molar refractivity (Wildman–Crippen MR) is 76.0 cm³/mol. The molecule has 0 atom stereocenters. The molecular formula is C16H20N. The third kappa shape index (κ3) is 2.02. The lowest BCUT2D eigenvalue weighted by Gasteiger charge is -2.20. The van der Waals surface area contributed by atoms with Crippen LogP contribution in [0.25, 0.3) is 5.57 Å². The molecule has 1 nitrogen and oxygen atoms in total. The maximum absolute atomic E-state index is 2.30. The fourth-order valence-corrected chi connectivity index (χ4v) is 2.30. The summed E-state index contributed by atoms with van der Waals surface area (Å²) in [7, 11) is 4.19. The zero-order valence-corrected chi connectivity index (χ0v) is 11.3. The molecule has 1 aromatic carbocycles. The molecule has 1 aliphatic carbocycles. The van der Waals surface area contributed by atoms with Gasteiger partial charge in [-0.3, -0.25) is 0 Å². The van der Waals surface area contributed by atoms with Gasteiger partial charge in [0.2, 0.25) is 0 Å². The highest BCUT2D eigenvalue weighted by Gasteiger charge is 2.22. The van der Waals surface area contributed by atoms with E-state index in [0.717, 1.165) is 0 Å². The van der Waals surface area contributed by atoms with Crippen LogP contribution in [0.3, 0.4) is 0 Å². The number of anilines is 1. The zero-order chi connectivity index (χ0) is 12.6. The molecule has 0 N–H and O–H groups in total. The molecule has 89 valence electrons. The summed E-state index contributed by atoms with van der Waals surface area (Å²) in [5.41, 5.74) is 6.76. The summed E-state index contributed by atoms with van der Waals surface area (Å²) in [5.74, 6) is 1.40. The number of para-hydroxylation sites is 1. The van der Waals surface area contributed by atoms with Crippen molar-refractivity contribution < 1.29 is 0 Å². The Hall–Kier alpha value is -1.50. The molecule has 0 fully saturated rings. The first-order valence-electron chi connectivity index (χ1n) is 6.02. The second kappa shape index (κ2) is 4.40. The van der Waals surface area contributed by atoms with Gasteiger partial charge in [0.25, 0.3) is 0 Å². The second-order valence-electron chi connectivity index (χ2n) is 4.90. The summed E-state index contributed by atoms with van der Waals surface area (Å²) in [6, 6.07) is 8.58. The van der Waals surface area contributed by atoms with E-state index in [-0.39, 0.29) is 0 Å². The van der Waals surface area contributed by atoms with Crippen molar-refractivity contribution in [2.75, 3.05) is 19.0 Å². The first-order chi connectivity index (χ1) is 8.02. The molecule has 17 heavy (non-hydrogen) atoms. The number of rotatable bonds is 2. The van der Waals surface area contributed by atoms with Gasteiger partial charge < -0.3 is 4.90 Å². The number of benzene rings is 1. The lowest BCUT2D eigenvalue weighted by atomic mass is 9.92. The predicted octanol–water partition coefficient (Wildman–Crippen LogP) is 4.08. The van der Waals surface area contributed by atoms with Crippen LogP contribution in [0.2, 0.25) is 0 Å². The molecule has 0 amide bonds. The number of allylic oxidation sites excluding steroid dienone is 4. The van der Waals surface area contributed by atoms with Crippen LogP contribution in [-0.2, 0) is 0 Å². The van der Waals surface area contributed by atoms with Gasteiger partial charge in [-0.2, -0.15) is 0 Å². The van der Waals surface area contributed by atoms with Crippen molar-refractivity contribution in [2.24, 2.45) is 0 Å². The molecule has 0 unspecified atom stereocenters. The fourth-order valence-electron chi connectivity index (χ4n) is 2.30. The van der Waals surface area contributed by atoms with Gasteiger partial charge in [-0.1, -0.05) is 42.3 Å². The van der Waals surface area contributed by atoms with E-state index in [2.05, 4.69) is 70.1 Å². The lowest BCUT2D eigenvalue weighted by Crippen LogP contribution is -2.11. The summed E-state index contributed by atoms with van der Waals surface area (Å²) in [6.07, 6.45) is 2.30. The Labute approximate surface area is 104 Å². The van der Waals surface area contributed by atoms with E-state index in [4.69, 9.17) is 0 Å². The topological polar surface area (TPSA) is 3.24 Å². The Balaban J connectivity index is 2.48. The van der Waals surface area contributed by atoms with Crippen molar-refractivity contribution in [3.63, 3.8) is 0 Å². The molecule has 2 rings (SSSR count). The normalized spacial score (nSPS) is 16.4. The van der Waals surface area contributed by atoms with Gasteiger partial charge in [0.1, 0.15) is 0 Å². The van der Waals surface area contributed by atoms with Crippen molar-refractivity contribution in [3.8, 4) is 0 Å². The molecule has 1 heteroatoms. The van der Waals surface area contributed by atoms with Gasteiger partial charge >= 0.3 is 0 Å². The first-order valence-corrected chi connectivity index (χ1v) is 6.02. The Bertz CT molecular complexity index is 492. The molecule has 0 saturated heterocycles. The van der Waals surface area contributed by atoms with Crippen molar-refractivity contribution in [1.29, 1.82) is 0 Å². The molecule has 0 aliphatic heterocycles. The molecule has 0 bridgehead atoms. The zero-order valence-electron chi connectivity index (χ0n) is 11.3. The summed E-state index contributed by atoms with van der Waals surface area (Å²) >= 11 is 0. The SMILES string of the molecule is C[C]1C(c2ccccc2N(C)C)=CC(C)=C1C. The minimum atomic E-state index is 1.28. The highest BCUT2D eigenvalue weighted by atomic mass is 15.1. The van der Waals surface area contributed by atoms with Crippen LogP contribution in [0.15, 0.2) is 41.5 Å². The maximum atomic E-state index is 2.30. The van der Waals surface area contributed by atoms with E-state index in [1.807, 2.05) is 0 Å². The fraction of sp³-hybridized carbons (Fsp3) is 0.312. The molecule has 1 aliphatic rings. The summed E-state index contributed by atoms with van der Waals surface area (Å²) in [4.78, 5) is 2.17. The van der Waals surface area contributed by atoms with Gasteiger partial charge in [0.15, 0.2) is 0 Å². The Kier molecular flexibility index (Phi) is 3.10. The monoisotopic (exact) mass is 226 g/mol. The van der Waals surface area contributed by atoms with Crippen LogP contribution in [-0.4, -0.2) is 14.1 Å². The molecule has 1 aromatic rings. The van der Waals surface area contributed by atoms with Crippen LogP contribution in [0, 0.1) is 5.92 Å². The maximum Gasteiger partial charge on any atom is 0.0437 e. The summed E-state index contributed by atoms with van der Waals surface area (Å²) in [6.45, 7) is 6.60. The Morgan fingerprint density at radius 1 is 0.941 bits per heavy atom. The lowest BCUT2D eigenvalue weighted by molar-refractivity contribution is 1.12. The van der Waals surface area contributed by atoms with E-state index in [1.165, 1.54) is 33.9 Å². The van der Waals surface area contributed by atoms with Crippen molar-refractivity contribution >= 4 is 11.3 Å². The van der Waals surface area contributed by atoms with Gasteiger partial charge in [0.05, 0.1) is 0 Å². The summed E-state index contributed by atoms with van der Waals surface area (Å²) < 4.78 is 0. The van der Waals surface area contributed by atoms with E-state index in [0.29, 0.717) is 0 Å². The van der Waals surface area contributed by atoms with E-state index < -0.39 is 0 Å². The molecule has 0 aromatic heterocycles. The van der Waals surface area contributed by atoms with Crippen LogP contribution in [0.1, 0.15) is 26.3 Å². The minimum Gasteiger partial charge on any atom is -0.377 e. The van der Waals surface area contributed by atoms with E-state index >= 15 is 0 Å². The third-order valence-corrected chi connectivity index (χ3v) is 3.59. The van der Waals surface area contributed by atoms with E-state index in [1.54, 1.807) is 0 Å². The first kappa shape index (κ1) is 12.0. The van der Waals surface area contributed by atoms with Gasteiger partial charge in [-0.05, 0) is 25.5 Å². The van der Waals surface area contributed by atoms with Crippen molar-refractivity contribution in [1.82, 2.24) is 0 Å². The third-order valence-electron chi connectivity index (χ3n) is 3.59. The second-order valence-corrected chi connectivity index (χ2v) is 4.90. The largest absolute Gasteiger partial charge is 0.377 e. The average molecular weight is 226 g/mol. The van der Waals surface area contributed by atoms with Crippen LogP contribution < -0.4 is 4.90 Å². The Morgan fingerprint density at radius 3 is 2.12 bits per heavy atom. The van der Waals surface area contributed by atoms with Crippen molar-refractivity contribution in [3.05, 3.63) is 53.0 Å². The highest BCUT2D eigenvalue weighted by Crippen LogP contribution is 2.41. The van der Waals surface area contributed by atoms with Crippen molar-refractivity contribution in [2.45, 2.75) is 20.8 Å². The minimum absolute atomic E-state index is 1.28. The van der Waals surface area contributed by atoms with Crippen LogP contribution in [0.4, 0.5) is 5.69 Å². The van der Waals surface area contributed by atoms with Gasteiger partial charge in [-0.25, -0.2) is 0 Å². The average Bonchev–Trinajstić information content (AvgIpc) is 2.57. The Morgan fingerprint density at radius 2 is 1.59 bits per heavy atom. The highest BCUT2D eigenvalue weighted by molar-refractivity contribution is 5.90. The van der Waals surface area contributed by atoms with Gasteiger partial charge in [-0.15, -0.1) is 0 Å². The van der Waals surface area contributed by atoms with Crippen LogP contribution >= 0.6 is 0 Å². The molecule has 0 spiro atoms. The molecule has 1 radical (unpaired) electrons. The van der Waals surface area contributed by atoms with Crippen LogP contribution in [0.5, 0.6) is 0 Å². The number of hydrogen-bond acceptors (Lipinski definition) is 1. The van der Waals surface area contributed by atoms with E-state index in [9.17, 15) is 0 Å². The number of hydrogen-bond donors (Lipinski definition) is 0. The standard InChI is InChI=1S/C16H20N/c1-11-10-15(13(3)12(11)2)14-8-6-7-9-16(14)17(4)5/h6-10H,1-5H3. The molecule has 0 saturated carbocycles. The number of nitrogens with zero attached hydrogens (tertiary/aromatic N) is 1. The quantitative estimate of drug-likeness (QED) is 0.734.